The number of nitrogen functional groups attached to an aromatic ring is 1. The zero-order valence-corrected chi connectivity index (χ0v) is 10.3. The van der Waals surface area contributed by atoms with Gasteiger partial charge in [-0.1, -0.05) is 12.1 Å². The molecule has 0 aliphatic rings. The Morgan fingerprint density at radius 3 is 2.76 bits per heavy atom. The SMILES string of the molecule is Cc1nc(C)n(CCCc2cccc(N)c2)n1. The van der Waals surface area contributed by atoms with Crippen LogP contribution in [0.5, 0.6) is 0 Å². The van der Waals surface area contributed by atoms with E-state index in [1.54, 1.807) is 0 Å². The van der Waals surface area contributed by atoms with Gasteiger partial charge in [0.1, 0.15) is 11.6 Å². The Morgan fingerprint density at radius 2 is 2.12 bits per heavy atom. The van der Waals surface area contributed by atoms with Gasteiger partial charge in [-0.25, -0.2) is 4.98 Å². The van der Waals surface area contributed by atoms with Crippen molar-refractivity contribution >= 4 is 5.69 Å². The van der Waals surface area contributed by atoms with Crippen molar-refractivity contribution < 1.29 is 0 Å². The van der Waals surface area contributed by atoms with Crippen molar-refractivity contribution in [2.24, 2.45) is 0 Å². The molecule has 0 aliphatic heterocycles. The summed E-state index contributed by atoms with van der Waals surface area (Å²) < 4.78 is 1.96. The van der Waals surface area contributed by atoms with Crippen molar-refractivity contribution in [1.29, 1.82) is 0 Å². The highest BCUT2D eigenvalue weighted by Gasteiger charge is 2.02. The summed E-state index contributed by atoms with van der Waals surface area (Å²) in [6.45, 7) is 4.81. The van der Waals surface area contributed by atoms with Crippen LogP contribution in [0, 0.1) is 13.8 Å². The van der Waals surface area contributed by atoms with E-state index < -0.39 is 0 Å². The Kier molecular flexibility index (Phi) is 3.42. The van der Waals surface area contributed by atoms with Crippen molar-refractivity contribution in [2.45, 2.75) is 33.2 Å². The number of hydrogen-bond acceptors (Lipinski definition) is 3. The lowest BCUT2D eigenvalue weighted by Gasteiger charge is -2.04. The highest BCUT2D eigenvalue weighted by atomic mass is 15.3. The number of anilines is 1. The summed E-state index contributed by atoms with van der Waals surface area (Å²) in [5.74, 6) is 1.82. The first kappa shape index (κ1) is 11.6. The molecule has 0 amide bonds. The van der Waals surface area contributed by atoms with Crippen LogP contribution >= 0.6 is 0 Å². The van der Waals surface area contributed by atoms with E-state index in [9.17, 15) is 0 Å². The molecule has 4 nitrogen and oxygen atoms in total. The molecule has 2 N–H and O–H groups in total. The van der Waals surface area contributed by atoms with E-state index in [2.05, 4.69) is 16.1 Å². The van der Waals surface area contributed by atoms with Gasteiger partial charge in [0.25, 0.3) is 0 Å². The predicted molar refractivity (Wildman–Crippen MR) is 68.7 cm³/mol. The van der Waals surface area contributed by atoms with Gasteiger partial charge in [0.15, 0.2) is 0 Å². The van der Waals surface area contributed by atoms with Crippen LogP contribution < -0.4 is 5.73 Å². The van der Waals surface area contributed by atoms with E-state index in [0.29, 0.717) is 0 Å². The number of rotatable bonds is 4. The lowest BCUT2D eigenvalue weighted by molar-refractivity contribution is 0.560. The van der Waals surface area contributed by atoms with Crippen LogP contribution in [-0.4, -0.2) is 14.8 Å². The van der Waals surface area contributed by atoms with Gasteiger partial charge in [-0.05, 0) is 44.4 Å². The number of hydrogen-bond donors (Lipinski definition) is 1. The van der Waals surface area contributed by atoms with Gasteiger partial charge in [0, 0.05) is 12.2 Å². The van der Waals surface area contributed by atoms with Crippen molar-refractivity contribution in [3.05, 3.63) is 41.5 Å². The van der Waals surface area contributed by atoms with Gasteiger partial charge in [-0.15, -0.1) is 0 Å². The second-order valence-electron chi connectivity index (χ2n) is 4.28. The maximum atomic E-state index is 5.74. The summed E-state index contributed by atoms with van der Waals surface area (Å²) in [6, 6.07) is 8.04. The molecule has 1 heterocycles. The molecule has 0 aliphatic carbocycles. The average molecular weight is 230 g/mol. The summed E-state index contributed by atoms with van der Waals surface area (Å²) >= 11 is 0. The summed E-state index contributed by atoms with van der Waals surface area (Å²) in [6.07, 6.45) is 2.07. The van der Waals surface area contributed by atoms with Gasteiger partial charge in [-0.3, -0.25) is 4.68 Å². The smallest absolute Gasteiger partial charge is 0.147 e. The van der Waals surface area contributed by atoms with Gasteiger partial charge in [0.05, 0.1) is 0 Å². The summed E-state index contributed by atoms with van der Waals surface area (Å²) in [5.41, 5.74) is 7.85. The van der Waals surface area contributed by atoms with Crippen LogP contribution in [0.2, 0.25) is 0 Å². The molecular formula is C13H18N4. The second-order valence-corrected chi connectivity index (χ2v) is 4.28. The number of nitrogens with two attached hydrogens (primary N) is 1. The first-order valence-corrected chi connectivity index (χ1v) is 5.87. The fourth-order valence-electron chi connectivity index (χ4n) is 1.95. The first-order valence-electron chi connectivity index (χ1n) is 5.87. The average Bonchev–Trinajstić information content (AvgIpc) is 2.58. The molecule has 0 radical (unpaired) electrons. The molecule has 1 aromatic carbocycles. The Labute approximate surface area is 101 Å². The second kappa shape index (κ2) is 4.99. The Bertz CT molecular complexity index is 502. The van der Waals surface area contributed by atoms with Crippen LogP contribution in [0.3, 0.4) is 0 Å². The number of benzene rings is 1. The van der Waals surface area contributed by atoms with E-state index in [1.807, 2.05) is 36.7 Å². The van der Waals surface area contributed by atoms with Crippen LogP contribution in [0.25, 0.3) is 0 Å². The Morgan fingerprint density at radius 1 is 1.29 bits per heavy atom. The Hall–Kier alpha value is -1.84. The molecule has 4 heteroatoms. The fraction of sp³-hybridized carbons (Fsp3) is 0.385. The molecule has 0 atom stereocenters. The molecule has 17 heavy (non-hydrogen) atoms. The molecule has 0 bridgehead atoms. The third kappa shape index (κ3) is 3.06. The standard InChI is InChI=1S/C13H18N4/c1-10-15-11(2)17(16-10)8-4-6-12-5-3-7-13(14)9-12/h3,5,7,9H,4,6,8,14H2,1-2H3. The van der Waals surface area contributed by atoms with E-state index in [0.717, 1.165) is 36.7 Å². The van der Waals surface area contributed by atoms with Crippen LogP contribution in [0.4, 0.5) is 5.69 Å². The normalized spacial score (nSPS) is 10.7. The molecule has 0 fully saturated rings. The minimum absolute atomic E-state index is 0.829. The van der Waals surface area contributed by atoms with Gasteiger partial charge in [-0.2, -0.15) is 5.10 Å². The zero-order chi connectivity index (χ0) is 12.3. The van der Waals surface area contributed by atoms with Gasteiger partial charge >= 0.3 is 0 Å². The molecule has 2 aromatic rings. The highest BCUT2D eigenvalue weighted by Crippen LogP contribution is 2.09. The molecule has 0 spiro atoms. The third-order valence-electron chi connectivity index (χ3n) is 2.75. The van der Waals surface area contributed by atoms with Gasteiger partial charge < -0.3 is 5.73 Å². The summed E-state index contributed by atoms with van der Waals surface area (Å²) in [4.78, 5) is 4.28. The minimum atomic E-state index is 0.829. The quantitative estimate of drug-likeness (QED) is 0.818. The monoisotopic (exact) mass is 230 g/mol. The first-order chi connectivity index (χ1) is 8.15. The molecule has 0 saturated heterocycles. The number of aromatic nitrogens is 3. The summed E-state index contributed by atoms with van der Waals surface area (Å²) in [7, 11) is 0. The maximum Gasteiger partial charge on any atom is 0.147 e. The van der Waals surface area contributed by atoms with Crippen molar-refractivity contribution in [2.75, 3.05) is 5.73 Å². The molecule has 0 unspecified atom stereocenters. The highest BCUT2D eigenvalue weighted by molar-refractivity contribution is 5.40. The topological polar surface area (TPSA) is 56.7 Å². The minimum Gasteiger partial charge on any atom is -0.399 e. The lowest BCUT2D eigenvalue weighted by Crippen LogP contribution is -2.04. The van der Waals surface area contributed by atoms with E-state index in [-0.39, 0.29) is 0 Å². The third-order valence-corrected chi connectivity index (χ3v) is 2.75. The van der Waals surface area contributed by atoms with Gasteiger partial charge in [0.2, 0.25) is 0 Å². The molecule has 90 valence electrons. The molecule has 0 saturated carbocycles. The van der Waals surface area contributed by atoms with Crippen molar-refractivity contribution in [3.8, 4) is 0 Å². The number of aryl methyl sites for hydroxylation is 4. The van der Waals surface area contributed by atoms with E-state index in [1.165, 1.54) is 5.56 Å². The van der Waals surface area contributed by atoms with Crippen molar-refractivity contribution in [1.82, 2.24) is 14.8 Å². The Balaban J connectivity index is 1.89. The van der Waals surface area contributed by atoms with E-state index in [4.69, 9.17) is 5.73 Å². The molecule has 1 aromatic heterocycles. The maximum absolute atomic E-state index is 5.74. The van der Waals surface area contributed by atoms with Crippen LogP contribution in [0.15, 0.2) is 24.3 Å². The predicted octanol–water partition coefficient (Wildman–Crippen LogP) is 2.11. The molecular weight excluding hydrogens is 212 g/mol. The number of nitrogens with zero attached hydrogens (tertiary/aromatic N) is 3. The van der Waals surface area contributed by atoms with Crippen molar-refractivity contribution in [3.63, 3.8) is 0 Å². The zero-order valence-electron chi connectivity index (χ0n) is 10.3. The fourth-order valence-corrected chi connectivity index (χ4v) is 1.95. The summed E-state index contributed by atoms with van der Waals surface area (Å²) in [5, 5.41) is 4.34. The largest absolute Gasteiger partial charge is 0.399 e. The molecule has 2 rings (SSSR count). The van der Waals surface area contributed by atoms with E-state index >= 15 is 0 Å². The van der Waals surface area contributed by atoms with Crippen LogP contribution in [-0.2, 0) is 13.0 Å². The van der Waals surface area contributed by atoms with Crippen LogP contribution in [0.1, 0.15) is 23.6 Å². The lowest BCUT2D eigenvalue weighted by atomic mass is 10.1.